The van der Waals surface area contributed by atoms with E-state index in [9.17, 15) is 0 Å². The van der Waals surface area contributed by atoms with Gasteiger partial charge in [0.05, 0.1) is 18.8 Å². The van der Waals surface area contributed by atoms with Crippen molar-refractivity contribution in [3.8, 4) is 5.75 Å². The number of benzene rings is 1. The molecule has 0 spiro atoms. The molecule has 5 heteroatoms. The van der Waals surface area contributed by atoms with Crippen molar-refractivity contribution in [3.63, 3.8) is 0 Å². The third-order valence-corrected chi connectivity index (χ3v) is 4.56. The van der Waals surface area contributed by atoms with E-state index in [1.807, 2.05) is 19.1 Å². The highest BCUT2D eigenvalue weighted by atomic mass is 35.5. The molecule has 2 rings (SSSR count). The maximum Gasteiger partial charge on any atom is 0.161 e. The number of methoxy groups -OCH3 is 1. The van der Waals surface area contributed by atoms with Gasteiger partial charge in [0.2, 0.25) is 0 Å². The predicted molar refractivity (Wildman–Crippen MR) is 84.9 cm³/mol. The Hall–Kier alpha value is -0.870. The van der Waals surface area contributed by atoms with Gasteiger partial charge < -0.3 is 10.1 Å². The van der Waals surface area contributed by atoms with Crippen LogP contribution in [0.1, 0.15) is 19.4 Å². The first-order valence-corrected chi connectivity index (χ1v) is 7.69. The summed E-state index contributed by atoms with van der Waals surface area (Å²) >= 11 is 7.86. The van der Waals surface area contributed by atoms with Crippen molar-refractivity contribution < 1.29 is 4.74 Å². The Labute approximate surface area is 123 Å². The quantitative estimate of drug-likeness (QED) is 0.908. The van der Waals surface area contributed by atoms with Gasteiger partial charge in [-0.25, -0.2) is 0 Å². The Morgan fingerprint density at radius 2 is 2.21 bits per heavy atom. The highest BCUT2D eigenvalue weighted by molar-refractivity contribution is 8.14. The third-order valence-electron chi connectivity index (χ3n) is 3.17. The lowest BCUT2D eigenvalue weighted by Gasteiger charge is -2.12. The van der Waals surface area contributed by atoms with Gasteiger partial charge in [-0.15, -0.1) is 0 Å². The lowest BCUT2D eigenvalue weighted by Crippen LogP contribution is -2.12. The number of aryl methyl sites for hydroxylation is 1. The number of nitrogens with zero attached hydrogens (tertiary/aromatic N) is 1. The van der Waals surface area contributed by atoms with Gasteiger partial charge in [0, 0.05) is 16.8 Å². The Kier molecular flexibility index (Phi) is 4.63. The second-order valence-electron chi connectivity index (χ2n) is 4.98. The number of hydrogen-bond donors (Lipinski definition) is 1. The van der Waals surface area contributed by atoms with E-state index in [2.05, 4.69) is 19.2 Å². The minimum Gasteiger partial charge on any atom is -0.495 e. The first-order valence-electron chi connectivity index (χ1n) is 6.33. The first-order chi connectivity index (χ1) is 9.01. The molecule has 1 aliphatic heterocycles. The van der Waals surface area contributed by atoms with Crippen molar-refractivity contribution in [2.24, 2.45) is 10.9 Å². The smallest absolute Gasteiger partial charge is 0.161 e. The standard InChI is InChI=1S/C14H19ClN2OS/c1-8(2)12-7-19-14(17-12)16-11-5-9(3)10(15)6-13(11)18-4/h5-6,8,12H,7H2,1-4H3,(H,16,17). The van der Waals surface area contributed by atoms with Crippen molar-refractivity contribution in [2.75, 3.05) is 18.2 Å². The van der Waals surface area contributed by atoms with Crippen LogP contribution in [0.4, 0.5) is 5.69 Å². The van der Waals surface area contributed by atoms with Gasteiger partial charge in [-0.05, 0) is 24.5 Å². The third kappa shape index (κ3) is 3.37. The summed E-state index contributed by atoms with van der Waals surface area (Å²) in [5.74, 6) is 2.35. The summed E-state index contributed by atoms with van der Waals surface area (Å²) in [5.41, 5.74) is 1.94. The number of ether oxygens (including phenoxy) is 1. The fourth-order valence-corrected chi connectivity index (χ4v) is 3.18. The van der Waals surface area contributed by atoms with E-state index in [0.29, 0.717) is 17.0 Å². The van der Waals surface area contributed by atoms with E-state index < -0.39 is 0 Å². The van der Waals surface area contributed by atoms with Gasteiger partial charge in [-0.2, -0.15) is 0 Å². The first kappa shape index (κ1) is 14.5. The van der Waals surface area contributed by atoms with Gasteiger partial charge in [0.25, 0.3) is 0 Å². The van der Waals surface area contributed by atoms with Crippen LogP contribution >= 0.6 is 23.4 Å². The molecule has 1 unspecified atom stereocenters. The maximum atomic E-state index is 6.10. The number of nitrogens with one attached hydrogen (secondary N) is 1. The molecule has 19 heavy (non-hydrogen) atoms. The summed E-state index contributed by atoms with van der Waals surface area (Å²) in [7, 11) is 1.65. The van der Waals surface area contributed by atoms with Gasteiger partial charge >= 0.3 is 0 Å². The fourth-order valence-electron chi connectivity index (χ4n) is 1.84. The van der Waals surface area contributed by atoms with E-state index in [1.54, 1.807) is 18.9 Å². The fraction of sp³-hybridized carbons (Fsp3) is 0.500. The minimum absolute atomic E-state index is 0.395. The molecule has 1 aliphatic rings. The van der Waals surface area contributed by atoms with Crippen molar-refractivity contribution >= 4 is 34.2 Å². The van der Waals surface area contributed by atoms with Crippen LogP contribution in [0, 0.1) is 12.8 Å². The second-order valence-corrected chi connectivity index (χ2v) is 6.40. The van der Waals surface area contributed by atoms with Crippen LogP contribution in [0.5, 0.6) is 5.75 Å². The van der Waals surface area contributed by atoms with E-state index in [1.165, 1.54) is 0 Å². The lowest BCUT2D eigenvalue weighted by molar-refractivity contribution is 0.417. The molecule has 104 valence electrons. The summed E-state index contributed by atoms with van der Waals surface area (Å²) in [6.07, 6.45) is 0. The van der Waals surface area contributed by atoms with Crippen LogP contribution in [0.15, 0.2) is 17.1 Å². The van der Waals surface area contributed by atoms with Crippen molar-refractivity contribution in [1.29, 1.82) is 0 Å². The zero-order valence-corrected chi connectivity index (χ0v) is 13.2. The van der Waals surface area contributed by atoms with Crippen molar-refractivity contribution in [2.45, 2.75) is 26.8 Å². The predicted octanol–water partition coefficient (Wildman–Crippen LogP) is 4.20. The number of thioether (sulfide) groups is 1. The average molecular weight is 299 g/mol. The number of halogens is 1. The maximum absolute atomic E-state index is 6.10. The van der Waals surface area contributed by atoms with Gasteiger partial charge in [0.1, 0.15) is 5.75 Å². The molecule has 0 aliphatic carbocycles. The minimum atomic E-state index is 0.395. The van der Waals surface area contributed by atoms with Gasteiger partial charge in [0.15, 0.2) is 5.17 Å². The van der Waals surface area contributed by atoms with Gasteiger partial charge in [-0.3, -0.25) is 4.99 Å². The molecule has 0 bridgehead atoms. The van der Waals surface area contributed by atoms with Crippen LogP contribution < -0.4 is 10.1 Å². The zero-order chi connectivity index (χ0) is 14.0. The highest BCUT2D eigenvalue weighted by Gasteiger charge is 2.22. The SMILES string of the molecule is COc1cc(Cl)c(C)cc1NC1=NC(C(C)C)CS1. The normalized spacial score (nSPS) is 18.6. The molecule has 0 aromatic heterocycles. The van der Waals surface area contributed by atoms with Crippen LogP contribution in [0.2, 0.25) is 5.02 Å². The van der Waals surface area contributed by atoms with Crippen LogP contribution in [-0.2, 0) is 0 Å². The zero-order valence-electron chi connectivity index (χ0n) is 11.7. The second kappa shape index (κ2) is 6.06. The number of amidine groups is 1. The van der Waals surface area contributed by atoms with E-state index >= 15 is 0 Å². The molecule has 0 saturated heterocycles. The van der Waals surface area contributed by atoms with Crippen LogP contribution in [0.25, 0.3) is 0 Å². The summed E-state index contributed by atoms with van der Waals surface area (Å²) < 4.78 is 5.35. The molecule has 0 amide bonds. The Balaban J connectivity index is 2.20. The molecule has 0 fully saturated rings. The molecule has 3 nitrogen and oxygen atoms in total. The summed E-state index contributed by atoms with van der Waals surface area (Å²) in [4.78, 5) is 4.69. The molecule has 1 aromatic rings. The molecule has 1 aromatic carbocycles. The highest BCUT2D eigenvalue weighted by Crippen LogP contribution is 2.33. The molecular weight excluding hydrogens is 280 g/mol. The Morgan fingerprint density at radius 1 is 1.47 bits per heavy atom. The van der Waals surface area contributed by atoms with E-state index in [-0.39, 0.29) is 0 Å². The molecule has 1 N–H and O–H groups in total. The van der Waals surface area contributed by atoms with Gasteiger partial charge in [-0.1, -0.05) is 37.2 Å². The van der Waals surface area contributed by atoms with Crippen molar-refractivity contribution in [1.82, 2.24) is 0 Å². The molecule has 1 heterocycles. The lowest BCUT2D eigenvalue weighted by atomic mass is 10.1. The topological polar surface area (TPSA) is 33.6 Å². The van der Waals surface area contributed by atoms with E-state index in [0.717, 1.165) is 27.9 Å². The summed E-state index contributed by atoms with van der Waals surface area (Å²) in [6.45, 7) is 6.38. The summed E-state index contributed by atoms with van der Waals surface area (Å²) in [6, 6.07) is 4.22. The Morgan fingerprint density at radius 3 is 2.79 bits per heavy atom. The molecule has 1 atom stereocenters. The largest absolute Gasteiger partial charge is 0.495 e. The van der Waals surface area contributed by atoms with Crippen molar-refractivity contribution in [3.05, 3.63) is 22.7 Å². The Bertz CT molecular complexity index is 502. The number of rotatable bonds is 3. The van der Waals surface area contributed by atoms with Crippen LogP contribution in [0.3, 0.4) is 0 Å². The van der Waals surface area contributed by atoms with E-state index in [4.69, 9.17) is 21.3 Å². The monoisotopic (exact) mass is 298 g/mol. The molecule has 0 radical (unpaired) electrons. The summed E-state index contributed by atoms with van der Waals surface area (Å²) in [5, 5.41) is 5.01. The van der Waals surface area contributed by atoms with Crippen LogP contribution in [-0.4, -0.2) is 24.1 Å². The number of aliphatic imine (C=N–C) groups is 1. The average Bonchev–Trinajstić information content (AvgIpc) is 2.82. The molecule has 0 saturated carbocycles. The number of anilines is 1. The molecular formula is C14H19ClN2OS. The number of hydrogen-bond acceptors (Lipinski definition) is 4.